The Morgan fingerprint density at radius 1 is 1.26 bits per heavy atom. The molecule has 1 aromatic rings. The molecule has 0 unspecified atom stereocenters. The molecule has 0 amide bonds. The normalized spacial score (nSPS) is 14.2. The molecule has 1 aromatic carbocycles. The van der Waals surface area contributed by atoms with Crippen LogP contribution in [0.1, 0.15) is 32.4 Å². The van der Waals surface area contributed by atoms with Gasteiger partial charge in [-0.2, -0.15) is 0 Å². The van der Waals surface area contributed by atoms with Crippen molar-refractivity contribution < 1.29 is 14.3 Å². The molecule has 0 fully saturated rings. The number of carbonyl (C=O) groups excluding carboxylic acids is 1. The Hall–Kier alpha value is -1.39. The van der Waals surface area contributed by atoms with Gasteiger partial charge in [-0.15, -0.1) is 0 Å². The minimum Gasteiger partial charge on any atom is -0.465 e. The van der Waals surface area contributed by atoms with Gasteiger partial charge in [0.25, 0.3) is 0 Å². The lowest BCUT2D eigenvalue weighted by Gasteiger charge is -2.27. The summed E-state index contributed by atoms with van der Waals surface area (Å²) in [7, 11) is 1.60. The molecule has 1 N–H and O–H groups in total. The van der Waals surface area contributed by atoms with E-state index in [2.05, 4.69) is 5.32 Å². The summed E-state index contributed by atoms with van der Waals surface area (Å²) in [6.45, 7) is 6.14. The predicted molar refractivity (Wildman–Crippen MR) is 74.9 cm³/mol. The van der Waals surface area contributed by atoms with Crippen molar-refractivity contribution in [3.8, 4) is 0 Å². The molecule has 0 aliphatic heterocycles. The van der Waals surface area contributed by atoms with Gasteiger partial charge >= 0.3 is 5.97 Å². The quantitative estimate of drug-likeness (QED) is 0.769. The Morgan fingerprint density at radius 3 is 2.37 bits per heavy atom. The molecule has 0 spiro atoms. The highest BCUT2D eigenvalue weighted by atomic mass is 16.5. The molecule has 4 heteroatoms. The Labute approximate surface area is 115 Å². The summed E-state index contributed by atoms with van der Waals surface area (Å²) in [6, 6.07) is 9.34. The summed E-state index contributed by atoms with van der Waals surface area (Å²) < 4.78 is 10.6. The van der Waals surface area contributed by atoms with Gasteiger partial charge in [-0.1, -0.05) is 44.2 Å². The van der Waals surface area contributed by atoms with Crippen molar-refractivity contribution in [1.82, 2.24) is 5.32 Å². The summed E-state index contributed by atoms with van der Waals surface area (Å²) in [5.41, 5.74) is 0.955. The molecule has 0 bridgehead atoms. The number of rotatable bonds is 7. The summed E-state index contributed by atoms with van der Waals surface area (Å²) in [5, 5.41) is 3.21. The Kier molecular flexibility index (Phi) is 6.53. The van der Waals surface area contributed by atoms with E-state index in [4.69, 9.17) is 9.47 Å². The maximum atomic E-state index is 12.1. The summed E-state index contributed by atoms with van der Waals surface area (Å²) >= 11 is 0. The number of hydrogen-bond donors (Lipinski definition) is 1. The molecule has 4 nitrogen and oxygen atoms in total. The van der Waals surface area contributed by atoms with E-state index in [1.165, 1.54) is 0 Å². The lowest BCUT2D eigenvalue weighted by molar-refractivity contribution is -0.150. The fourth-order valence-electron chi connectivity index (χ4n) is 1.98. The highest BCUT2D eigenvalue weighted by molar-refractivity contribution is 5.77. The van der Waals surface area contributed by atoms with Crippen LogP contribution in [-0.2, 0) is 14.3 Å². The molecule has 0 aliphatic carbocycles. The molecule has 1 rings (SSSR count). The highest BCUT2D eigenvalue weighted by Crippen LogP contribution is 2.21. The van der Waals surface area contributed by atoms with Crippen molar-refractivity contribution in [1.29, 1.82) is 0 Å². The summed E-state index contributed by atoms with van der Waals surface area (Å²) in [4.78, 5) is 12.1. The van der Waals surface area contributed by atoms with E-state index >= 15 is 0 Å². The van der Waals surface area contributed by atoms with Crippen LogP contribution < -0.4 is 5.32 Å². The third-order valence-electron chi connectivity index (χ3n) is 2.74. The van der Waals surface area contributed by atoms with Crippen LogP contribution in [-0.4, -0.2) is 31.8 Å². The van der Waals surface area contributed by atoms with Crippen LogP contribution in [0.15, 0.2) is 30.3 Å². The van der Waals surface area contributed by atoms with Crippen molar-refractivity contribution in [2.45, 2.75) is 39.0 Å². The first-order chi connectivity index (χ1) is 9.10. The Balaban J connectivity index is 2.96. The van der Waals surface area contributed by atoms with Crippen molar-refractivity contribution in [2.24, 2.45) is 0 Å². The van der Waals surface area contributed by atoms with Crippen molar-refractivity contribution in [3.05, 3.63) is 35.9 Å². The maximum Gasteiger partial charge on any atom is 0.326 e. The second kappa shape index (κ2) is 7.92. The lowest BCUT2D eigenvalue weighted by Crippen LogP contribution is -2.46. The van der Waals surface area contributed by atoms with Crippen molar-refractivity contribution in [3.63, 3.8) is 0 Å². The highest BCUT2D eigenvalue weighted by Gasteiger charge is 2.31. The molecular weight excluding hydrogens is 242 g/mol. The molecule has 0 heterocycles. The van der Waals surface area contributed by atoms with Crippen molar-refractivity contribution in [2.75, 3.05) is 13.7 Å². The van der Waals surface area contributed by atoms with Gasteiger partial charge in [0.15, 0.2) is 0 Å². The Bertz CT molecular complexity index is 378. The third-order valence-corrected chi connectivity index (χ3v) is 2.74. The van der Waals surface area contributed by atoms with E-state index in [9.17, 15) is 4.79 Å². The van der Waals surface area contributed by atoms with Crippen LogP contribution in [0.4, 0.5) is 0 Å². The molecular formula is C15H23NO3. The van der Waals surface area contributed by atoms with E-state index < -0.39 is 6.04 Å². The molecule has 106 valence electrons. The molecule has 0 aromatic heterocycles. The minimum absolute atomic E-state index is 0.163. The van der Waals surface area contributed by atoms with E-state index in [1.807, 2.05) is 44.2 Å². The second-order valence-corrected chi connectivity index (χ2v) is 4.62. The van der Waals surface area contributed by atoms with Crippen LogP contribution >= 0.6 is 0 Å². The van der Waals surface area contributed by atoms with Gasteiger partial charge in [-0.05, 0) is 12.5 Å². The topological polar surface area (TPSA) is 47.6 Å². The minimum atomic E-state index is -0.507. The number of esters is 1. The van der Waals surface area contributed by atoms with Gasteiger partial charge in [0.2, 0.25) is 0 Å². The standard InChI is InChI=1S/C15H23NO3/c1-5-19-15(17)13(16-11(2)3)14(18-4)12-9-7-6-8-10-12/h6-11,13-14,16H,5H2,1-4H3/t13-,14-/m0/s1. The van der Waals surface area contributed by atoms with Crippen LogP contribution in [0.2, 0.25) is 0 Å². The number of hydrogen-bond acceptors (Lipinski definition) is 4. The van der Waals surface area contributed by atoms with E-state index in [1.54, 1.807) is 14.0 Å². The number of carbonyl (C=O) groups is 1. The first-order valence-electron chi connectivity index (χ1n) is 6.60. The number of ether oxygens (including phenoxy) is 2. The monoisotopic (exact) mass is 265 g/mol. The molecule has 2 atom stereocenters. The van der Waals surface area contributed by atoms with Gasteiger partial charge in [-0.3, -0.25) is 10.1 Å². The van der Waals surface area contributed by atoms with Gasteiger partial charge in [0.1, 0.15) is 12.1 Å². The maximum absolute atomic E-state index is 12.1. The van der Waals surface area contributed by atoms with Crippen LogP contribution in [0, 0.1) is 0 Å². The zero-order chi connectivity index (χ0) is 14.3. The van der Waals surface area contributed by atoms with Crippen LogP contribution in [0.5, 0.6) is 0 Å². The number of nitrogens with one attached hydrogen (secondary N) is 1. The fourth-order valence-corrected chi connectivity index (χ4v) is 1.98. The summed E-state index contributed by atoms with van der Waals surface area (Å²) in [6.07, 6.45) is -0.359. The molecule has 0 saturated carbocycles. The molecule has 19 heavy (non-hydrogen) atoms. The van der Waals surface area contributed by atoms with Crippen molar-refractivity contribution >= 4 is 5.97 Å². The average molecular weight is 265 g/mol. The predicted octanol–water partition coefficient (Wildman–Crippen LogP) is 2.30. The summed E-state index contributed by atoms with van der Waals surface area (Å²) in [5.74, 6) is -0.285. The van der Waals surface area contributed by atoms with Gasteiger partial charge in [0.05, 0.1) is 6.61 Å². The first kappa shape index (κ1) is 15.7. The van der Waals surface area contributed by atoms with Gasteiger partial charge in [0, 0.05) is 13.2 Å². The Morgan fingerprint density at radius 2 is 1.89 bits per heavy atom. The second-order valence-electron chi connectivity index (χ2n) is 4.62. The largest absolute Gasteiger partial charge is 0.465 e. The van der Waals surface area contributed by atoms with Crippen LogP contribution in [0.25, 0.3) is 0 Å². The third kappa shape index (κ3) is 4.65. The van der Waals surface area contributed by atoms with E-state index in [-0.39, 0.29) is 18.1 Å². The smallest absolute Gasteiger partial charge is 0.326 e. The number of benzene rings is 1. The fraction of sp³-hybridized carbons (Fsp3) is 0.533. The molecule has 0 aliphatic rings. The van der Waals surface area contributed by atoms with Gasteiger partial charge < -0.3 is 9.47 Å². The molecule has 0 radical (unpaired) electrons. The SMILES string of the molecule is CCOC(=O)[C@@H](NC(C)C)[C@@H](OC)c1ccccc1. The first-order valence-corrected chi connectivity index (χ1v) is 6.60. The zero-order valence-corrected chi connectivity index (χ0v) is 12.1. The zero-order valence-electron chi connectivity index (χ0n) is 12.1. The van der Waals surface area contributed by atoms with E-state index in [0.29, 0.717) is 6.61 Å². The van der Waals surface area contributed by atoms with E-state index in [0.717, 1.165) is 5.56 Å². The van der Waals surface area contributed by atoms with Gasteiger partial charge in [-0.25, -0.2) is 0 Å². The number of methoxy groups -OCH3 is 1. The van der Waals surface area contributed by atoms with Crippen LogP contribution in [0.3, 0.4) is 0 Å². The lowest BCUT2D eigenvalue weighted by atomic mass is 10.0. The molecule has 0 saturated heterocycles. The average Bonchev–Trinajstić information content (AvgIpc) is 2.39.